The lowest BCUT2D eigenvalue weighted by Gasteiger charge is -2.35. The summed E-state index contributed by atoms with van der Waals surface area (Å²) in [5, 5.41) is 0.941. The van der Waals surface area contributed by atoms with E-state index in [-0.39, 0.29) is 12.7 Å². The summed E-state index contributed by atoms with van der Waals surface area (Å²) in [4.78, 5) is 18.1. The van der Waals surface area contributed by atoms with Gasteiger partial charge in [0.2, 0.25) is 6.79 Å². The van der Waals surface area contributed by atoms with Crippen molar-refractivity contribution in [2.45, 2.75) is 26.6 Å². The van der Waals surface area contributed by atoms with Crippen molar-refractivity contribution < 1.29 is 19.0 Å². The Morgan fingerprint density at radius 2 is 1.77 bits per heavy atom. The van der Waals surface area contributed by atoms with Crippen molar-refractivity contribution >= 4 is 16.8 Å². The summed E-state index contributed by atoms with van der Waals surface area (Å²) in [7, 11) is 0. The average Bonchev–Trinajstić information content (AvgIpc) is 3.57. The van der Waals surface area contributed by atoms with Crippen LogP contribution in [-0.4, -0.2) is 53.2 Å². The second-order valence-corrected chi connectivity index (χ2v) is 10.2. The van der Waals surface area contributed by atoms with E-state index >= 15 is 0 Å². The third-order valence-corrected chi connectivity index (χ3v) is 7.42. The molecule has 7 nitrogen and oxygen atoms in total. The molecule has 39 heavy (non-hydrogen) atoms. The van der Waals surface area contributed by atoms with Crippen molar-refractivity contribution in [3.8, 4) is 17.2 Å². The monoisotopic (exact) mass is 523 g/mol. The summed E-state index contributed by atoms with van der Waals surface area (Å²) in [6.45, 7) is 11.1. The largest absolute Gasteiger partial charge is 0.488 e. The number of ether oxygens (including phenoxy) is 3. The smallest absolute Gasteiger partial charge is 0.270 e. The molecule has 2 aliphatic rings. The lowest BCUT2D eigenvalue weighted by molar-refractivity contribution is 0.0619. The van der Waals surface area contributed by atoms with E-state index < -0.39 is 0 Å². The molecule has 0 unspecified atom stereocenters. The zero-order valence-electron chi connectivity index (χ0n) is 22.3. The molecule has 2 aliphatic heterocycles. The van der Waals surface area contributed by atoms with Crippen molar-refractivity contribution in [2.75, 3.05) is 33.0 Å². The highest BCUT2D eigenvalue weighted by Crippen LogP contribution is 2.33. The van der Waals surface area contributed by atoms with E-state index in [1.54, 1.807) is 0 Å². The van der Waals surface area contributed by atoms with Crippen LogP contribution >= 0.6 is 0 Å². The third kappa shape index (κ3) is 5.22. The number of rotatable bonds is 8. The van der Waals surface area contributed by atoms with Gasteiger partial charge < -0.3 is 23.7 Å². The predicted octanol–water partition coefficient (Wildman–Crippen LogP) is 5.40. The minimum atomic E-state index is 0.0420. The Kier molecular flexibility index (Phi) is 6.99. The maximum absolute atomic E-state index is 13.8. The molecule has 0 N–H and O–H groups in total. The number of aryl methyl sites for hydroxylation is 1. The SMILES string of the molecule is C=CCn1c(C(=O)N2CCN(Cc3ccc4c(c3)OCO4)CC2)cc2c(OCc3cccc(C)c3)cccc21. The zero-order chi connectivity index (χ0) is 26.8. The van der Waals surface area contributed by atoms with Crippen LogP contribution in [0, 0.1) is 6.92 Å². The Balaban J connectivity index is 1.16. The average molecular weight is 524 g/mol. The fourth-order valence-corrected chi connectivity index (χ4v) is 5.42. The van der Waals surface area contributed by atoms with Gasteiger partial charge in [-0.3, -0.25) is 9.69 Å². The molecule has 3 aromatic carbocycles. The molecule has 0 aliphatic carbocycles. The quantitative estimate of drug-likeness (QED) is 0.290. The van der Waals surface area contributed by atoms with E-state index in [4.69, 9.17) is 14.2 Å². The first-order valence-electron chi connectivity index (χ1n) is 13.4. The van der Waals surface area contributed by atoms with Gasteiger partial charge in [0.05, 0.1) is 5.52 Å². The molecule has 0 spiro atoms. The number of aromatic nitrogens is 1. The lowest BCUT2D eigenvalue weighted by Crippen LogP contribution is -2.48. The fourth-order valence-electron chi connectivity index (χ4n) is 5.42. The highest BCUT2D eigenvalue weighted by atomic mass is 16.7. The van der Waals surface area contributed by atoms with Crippen molar-refractivity contribution in [3.05, 3.63) is 102 Å². The second kappa shape index (κ2) is 10.9. The molecule has 0 atom stereocenters. The molecule has 1 fully saturated rings. The van der Waals surface area contributed by atoms with Gasteiger partial charge in [0.25, 0.3) is 5.91 Å². The van der Waals surface area contributed by atoms with E-state index in [1.807, 2.05) is 58.0 Å². The normalized spacial score (nSPS) is 15.1. The molecule has 7 heteroatoms. The number of hydrogen-bond donors (Lipinski definition) is 0. The molecule has 200 valence electrons. The van der Waals surface area contributed by atoms with Crippen LogP contribution in [0.3, 0.4) is 0 Å². The standard InChI is InChI=1S/C32H33N3O4/c1-3-12-35-27-8-5-9-29(37-21-25-7-4-6-23(2)17-25)26(27)19-28(35)32(36)34-15-13-33(14-16-34)20-24-10-11-30-31(18-24)39-22-38-30/h3-11,17-19H,1,12-16,20-22H2,2H3. The molecule has 1 amide bonds. The summed E-state index contributed by atoms with van der Waals surface area (Å²) in [5.41, 5.74) is 5.15. The molecule has 4 aromatic rings. The summed E-state index contributed by atoms with van der Waals surface area (Å²) in [6.07, 6.45) is 1.83. The predicted molar refractivity (Wildman–Crippen MR) is 151 cm³/mol. The summed E-state index contributed by atoms with van der Waals surface area (Å²) >= 11 is 0. The van der Waals surface area contributed by atoms with Crippen LogP contribution in [0.25, 0.3) is 10.9 Å². The first-order valence-corrected chi connectivity index (χ1v) is 13.4. The fraction of sp³-hybridized carbons (Fsp3) is 0.281. The molecule has 1 aromatic heterocycles. The number of piperazine rings is 1. The molecule has 1 saturated heterocycles. The van der Waals surface area contributed by atoms with E-state index in [0.717, 1.165) is 53.3 Å². The second-order valence-electron chi connectivity index (χ2n) is 10.2. The Hall–Kier alpha value is -4.23. The first-order chi connectivity index (χ1) is 19.1. The van der Waals surface area contributed by atoms with Crippen LogP contribution in [0.4, 0.5) is 0 Å². The number of allylic oxidation sites excluding steroid dienone is 1. The Morgan fingerprint density at radius 3 is 2.59 bits per heavy atom. The number of amides is 1. The van der Waals surface area contributed by atoms with Gasteiger partial charge in [-0.1, -0.05) is 48.0 Å². The van der Waals surface area contributed by atoms with Crippen LogP contribution < -0.4 is 14.2 Å². The maximum Gasteiger partial charge on any atom is 0.270 e. The van der Waals surface area contributed by atoms with Crippen LogP contribution in [0.15, 0.2) is 79.4 Å². The zero-order valence-corrected chi connectivity index (χ0v) is 22.3. The van der Waals surface area contributed by atoms with E-state index in [2.05, 4.69) is 42.7 Å². The lowest BCUT2D eigenvalue weighted by atomic mass is 10.1. The van der Waals surface area contributed by atoms with Gasteiger partial charge in [0, 0.05) is 44.7 Å². The summed E-state index contributed by atoms with van der Waals surface area (Å²) < 4.78 is 19.2. The van der Waals surface area contributed by atoms with Crippen molar-refractivity contribution in [2.24, 2.45) is 0 Å². The molecule has 0 radical (unpaired) electrons. The molecule has 3 heterocycles. The van der Waals surface area contributed by atoms with E-state index in [1.165, 1.54) is 11.1 Å². The van der Waals surface area contributed by atoms with Crippen LogP contribution in [0.1, 0.15) is 27.2 Å². The minimum absolute atomic E-state index is 0.0420. The van der Waals surface area contributed by atoms with Crippen LogP contribution in [-0.2, 0) is 19.7 Å². The topological polar surface area (TPSA) is 56.2 Å². The molecule has 6 rings (SSSR count). The highest BCUT2D eigenvalue weighted by molar-refractivity contribution is 6.00. The van der Waals surface area contributed by atoms with Crippen molar-refractivity contribution in [1.29, 1.82) is 0 Å². The first kappa shape index (κ1) is 25.1. The Morgan fingerprint density at radius 1 is 0.949 bits per heavy atom. The number of benzene rings is 3. The molecule has 0 saturated carbocycles. The summed E-state index contributed by atoms with van der Waals surface area (Å²) in [5.74, 6) is 2.42. The number of carbonyl (C=O) groups excluding carboxylic acids is 1. The van der Waals surface area contributed by atoms with Crippen LogP contribution in [0.5, 0.6) is 17.2 Å². The number of fused-ring (bicyclic) bond motifs is 2. The van der Waals surface area contributed by atoms with Gasteiger partial charge in [-0.05, 0) is 48.4 Å². The van der Waals surface area contributed by atoms with Crippen LogP contribution in [0.2, 0.25) is 0 Å². The molecular formula is C32H33N3O4. The Labute approximate surface area is 228 Å². The van der Waals surface area contributed by atoms with Gasteiger partial charge in [0.1, 0.15) is 18.1 Å². The highest BCUT2D eigenvalue weighted by Gasteiger charge is 2.26. The molecular weight excluding hydrogens is 490 g/mol. The van der Waals surface area contributed by atoms with Crippen molar-refractivity contribution in [3.63, 3.8) is 0 Å². The van der Waals surface area contributed by atoms with Gasteiger partial charge in [0.15, 0.2) is 11.5 Å². The minimum Gasteiger partial charge on any atom is -0.488 e. The van der Waals surface area contributed by atoms with Gasteiger partial charge in [-0.25, -0.2) is 0 Å². The molecule has 0 bridgehead atoms. The third-order valence-electron chi connectivity index (χ3n) is 7.42. The van der Waals surface area contributed by atoms with Gasteiger partial charge in [-0.15, -0.1) is 6.58 Å². The van der Waals surface area contributed by atoms with Gasteiger partial charge in [-0.2, -0.15) is 0 Å². The summed E-state index contributed by atoms with van der Waals surface area (Å²) in [6, 6.07) is 22.4. The number of carbonyl (C=O) groups is 1. The number of nitrogens with zero attached hydrogens (tertiary/aromatic N) is 3. The Bertz CT molecular complexity index is 1520. The van der Waals surface area contributed by atoms with Gasteiger partial charge >= 0.3 is 0 Å². The van der Waals surface area contributed by atoms with E-state index in [0.29, 0.717) is 31.9 Å². The van der Waals surface area contributed by atoms with Crippen molar-refractivity contribution in [1.82, 2.24) is 14.4 Å². The van der Waals surface area contributed by atoms with E-state index in [9.17, 15) is 4.79 Å². The number of hydrogen-bond acceptors (Lipinski definition) is 5. The maximum atomic E-state index is 13.8.